The fraction of sp³-hybridized carbons (Fsp3) is 0.250. The molecule has 2 aromatic rings. The lowest BCUT2D eigenvalue weighted by Crippen LogP contribution is -2.12. The third-order valence-corrected chi connectivity index (χ3v) is 2.38. The van der Waals surface area contributed by atoms with Crippen molar-refractivity contribution in [3.8, 4) is 0 Å². The Morgan fingerprint density at radius 3 is 2.59 bits per heavy atom. The quantitative estimate of drug-likeness (QED) is 0.862. The number of hydrogen-bond donors (Lipinski definition) is 1. The van der Waals surface area contributed by atoms with E-state index in [1.807, 2.05) is 31.3 Å². The SMILES string of the molecule is CN(C)c1ccncc1NCc1cncnc1. The highest BCUT2D eigenvalue weighted by Gasteiger charge is 2.03. The Bertz CT molecular complexity index is 469. The van der Waals surface area contributed by atoms with Gasteiger partial charge >= 0.3 is 0 Å². The number of aromatic nitrogens is 3. The predicted molar refractivity (Wildman–Crippen MR) is 67.9 cm³/mol. The lowest BCUT2D eigenvalue weighted by molar-refractivity contribution is 1.04. The first kappa shape index (κ1) is 11.3. The number of nitrogens with zero attached hydrogens (tertiary/aromatic N) is 4. The summed E-state index contributed by atoms with van der Waals surface area (Å²) in [6.07, 6.45) is 8.72. The molecule has 2 heterocycles. The molecule has 5 heteroatoms. The number of anilines is 2. The van der Waals surface area contributed by atoms with Gasteiger partial charge in [0, 0.05) is 44.8 Å². The Labute approximate surface area is 101 Å². The maximum Gasteiger partial charge on any atom is 0.115 e. The average molecular weight is 229 g/mol. The Morgan fingerprint density at radius 1 is 1.12 bits per heavy atom. The van der Waals surface area contributed by atoms with Gasteiger partial charge in [0.2, 0.25) is 0 Å². The standard InChI is InChI=1S/C12H15N5/c1-17(2)12-3-4-13-8-11(12)16-7-10-5-14-9-15-6-10/h3-6,8-9,16H,7H2,1-2H3. The molecular weight excluding hydrogens is 214 g/mol. The number of pyridine rings is 1. The molecule has 1 N–H and O–H groups in total. The zero-order valence-corrected chi connectivity index (χ0v) is 9.96. The average Bonchev–Trinajstić information content (AvgIpc) is 2.38. The molecule has 0 aliphatic carbocycles. The van der Waals surface area contributed by atoms with Crippen molar-refractivity contribution in [3.63, 3.8) is 0 Å². The molecular formula is C12H15N5. The Kier molecular flexibility index (Phi) is 3.49. The monoisotopic (exact) mass is 229 g/mol. The molecule has 0 unspecified atom stereocenters. The van der Waals surface area contributed by atoms with E-state index in [1.54, 1.807) is 18.6 Å². The summed E-state index contributed by atoms with van der Waals surface area (Å²) < 4.78 is 0. The van der Waals surface area contributed by atoms with Crippen LogP contribution in [-0.4, -0.2) is 29.0 Å². The first-order valence-electron chi connectivity index (χ1n) is 5.36. The Hall–Kier alpha value is -2.17. The Balaban J connectivity index is 2.09. The molecule has 0 radical (unpaired) electrons. The lowest BCUT2D eigenvalue weighted by atomic mass is 10.3. The first-order chi connectivity index (χ1) is 8.27. The minimum absolute atomic E-state index is 0.688. The summed E-state index contributed by atoms with van der Waals surface area (Å²) in [6.45, 7) is 0.688. The van der Waals surface area contributed by atoms with E-state index >= 15 is 0 Å². The molecule has 88 valence electrons. The molecule has 0 saturated heterocycles. The van der Waals surface area contributed by atoms with Gasteiger partial charge in [-0.15, -0.1) is 0 Å². The van der Waals surface area contributed by atoms with Gasteiger partial charge in [-0.3, -0.25) is 4.98 Å². The molecule has 0 aliphatic rings. The van der Waals surface area contributed by atoms with Crippen LogP contribution in [-0.2, 0) is 6.54 Å². The maximum atomic E-state index is 4.12. The zero-order valence-electron chi connectivity index (χ0n) is 9.96. The van der Waals surface area contributed by atoms with Crippen molar-refractivity contribution < 1.29 is 0 Å². The van der Waals surface area contributed by atoms with Crippen molar-refractivity contribution in [1.29, 1.82) is 0 Å². The van der Waals surface area contributed by atoms with Crippen LogP contribution < -0.4 is 10.2 Å². The van der Waals surface area contributed by atoms with Gasteiger partial charge in [-0.25, -0.2) is 9.97 Å². The smallest absolute Gasteiger partial charge is 0.115 e. The van der Waals surface area contributed by atoms with Gasteiger partial charge in [-0.1, -0.05) is 0 Å². The summed E-state index contributed by atoms with van der Waals surface area (Å²) >= 11 is 0. The van der Waals surface area contributed by atoms with Crippen molar-refractivity contribution in [3.05, 3.63) is 42.7 Å². The fourth-order valence-corrected chi connectivity index (χ4v) is 1.53. The van der Waals surface area contributed by atoms with Crippen molar-refractivity contribution in [2.24, 2.45) is 0 Å². The number of hydrogen-bond acceptors (Lipinski definition) is 5. The van der Waals surface area contributed by atoms with Gasteiger partial charge in [0.15, 0.2) is 0 Å². The van der Waals surface area contributed by atoms with Gasteiger partial charge in [-0.05, 0) is 6.07 Å². The van der Waals surface area contributed by atoms with E-state index in [1.165, 1.54) is 6.33 Å². The van der Waals surface area contributed by atoms with E-state index in [9.17, 15) is 0 Å². The van der Waals surface area contributed by atoms with Crippen LogP contribution in [0.4, 0.5) is 11.4 Å². The normalized spacial score (nSPS) is 10.0. The van der Waals surface area contributed by atoms with Crippen LogP contribution in [0.1, 0.15) is 5.56 Å². The lowest BCUT2D eigenvalue weighted by Gasteiger charge is -2.17. The first-order valence-corrected chi connectivity index (χ1v) is 5.36. The highest BCUT2D eigenvalue weighted by Crippen LogP contribution is 2.22. The van der Waals surface area contributed by atoms with Crippen molar-refractivity contribution in [2.75, 3.05) is 24.3 Å². The van der Waals surface area contributed by atoms with Crippen LogP contribution in [0.15, 0.2) is 37.2 Å². The minimum atomic E-state index is 0.688. The molecule has 0 aliphatic heterocycles. The van der Waals surface area contributed by atoms with Crippen molar-refractivity contribution >= 4 is 11.4 Å². The molecule has 0 amide bonds. The Morgan fingerprint density at radius 2 is 1.88 bits per heavy atom. The third-order valence-electron chi connectivity index (χ3n) is 2.38. The molecule has 0 aromatic carbocycles. The second-order valence-electron chi connectivity index (χ2n) is 3.89. The van der Waals surface area contributed by atoms with E-state index in [0.717, 1.165) is 16.9 Å². The highest BCUT2D eigenvalue weighted by atomic mass is 15.1. The molecule has 0 saturated carbocycles. The largest absolute Gasteiger partial charge is 0.378 e. The highest BCUT2D eigenvalue weighted by molar-refractivity contribution is 5.68. The molecule has 0 fully saturated rings. The van der Waals surface area contributed by atoms with E-state index in [0.29, 0.717) is 6.54 Å². The zero-order chi connectivity index (χ0) is 12.1. The van der Waals surface area contributed by atoms with E-state index in [2.05, 4.69) is 20.3 Å². The molecule has 0 atom stereocenters. The van der Waals surface area contributed by atoms with Gasteiger partial charge in [0.25, 0.3) is 0 Å². The second kappa shape index (κ2) is 5.25. The van der Waals surface area contributed by atoms with Crippen LogP contribution in [0.3, 0.4) is 0 Å². The van der Waals surface area contributed by atoms with Crippen molar-refractivity contribution in [1.82, 2.24) is 15.0 Å². The van der Waals surface area contributed by atoms with E-state index < -0.39 is 0 Å². The fourth-order valence-electron chi connectivity index (χ4n) is 1.53. The summed E-state index contributed by atoms with van der Waals surface area (Å²) in [4.78, 5) is 14.1. The van der Waals surface area contributed by atoms with Gasteiger partial charge in [0.05, 0.1) is 17.6 Å². The van der Waals surface area contributed by atoms with Crippen LogP contribution in [0.25, 0.3) is 0 Å². The summed E-state index contributed by atoms with van der Waals surface area (Å²) in [6, 6.07) is 1.98. The van der Waals surface area contributed by atoms with Gasteiger partial charge < -0.3 is 10.2 Å². The number of rotatable bonds is 4. The molecule has 0 spiro atoms. The van der Waals surface area contributed by atoms with Gasteiger partial charge in [0.1, 0.15) is 6.33 Å². The summed E-state index contributed by atoms with van der Waals surface area (Å²) in [5.74, 6) is 0. The summed E-state index contributed by atoms with van der Waals surface area (Å²) in [7, 11) is 4.01. The van der Waals surface area contributed by atoms with Crippen molar-refractivity contribution in [2.45, 2.75) is 6.54 Å². The minimum Gasteiger partial charge on any atom is -0.378 e. The van der Waals surface area contributed by atoms with Crippen LogP contribution in [0, 0.1) is 0 Å². The molecule has 5 nitrogen and oxygen atoms in total. The second-order valence-corrected chi connectivity index (χ2v) is 3.89. The van der Waals surface area contributed by atoms with Crippen LogP contribution in [0.2, 0.25) is 0 Å². The van der Waals surface area contributed by atoms with Crippen LogP contribution in [0.5, 0.6) is 0 Å². The molecule has 0 bridgehead atoms. The summed E-state index contributed by atoms with van der Waals surface area (Å²) in [5, 5.41) is 3.33. The third kappa shape index (κ3) is 2.90. The maximum absolute atomic E-state index is 4.12. The summed E-state index contributed by atoms with van der Waals surface area (Å²) in [5.41, 5.74) is 3.15. The van der Waals surface area contributed by atoms with Crippen LogP contribution >= 0.6 is 0 Å². The topological polar surface area (TPSA) is 53.9 Å². The number of nitrogens with one attached hydrogen (secondary N) is 1. The molecule has 2 rings (SSSR count). The molecule has 17 heavy (non-hydrogen) atoms. The molecule has 2 aromatic heterocycles. The predicted octanol–water partition coefficient (Wildman–Crippen LogP) is 1.55. The van der Waals surface area contributed by atoms with E-state index in [4.69, 9.17) is 0 Å². The van der Waals surface area contributed by atoms with Gasteiger partial charge in [-0.2, -0.15) is 0 Å². The van der Waals surface area contributed by atoms with E-state index in [-0.39, 0.29) is 0 Å².